The third-order valence-electron chi connectivity index (χ3n) is 5.30. The van der Waals surface area contributed by atoms with Crippen LogP contribution in [0.1, 0.15) is 37.3 Å². The lowest BCUT2D eigenvalue weighted by Crippen LogP contribution is -2.45. The van der Waals surface area contributed by atoms with E-state index in [2.05, 4.69) is 10.2 Å². The molecule has 3 rings (SSSR count). The molecule has 1 aromatic carbocycles. The molecule has 0 bridgehead atoms. The van der Waals surface area contributed by atoms with Gasteiger partial charge < -0.3 is 15.8 Å². The topological polar surface area (TPSA) is 67.6 Å². The van der Waals surface area contributed by atoms with Crippen molar-refractivity contribution in [2.24, 2.45) is 11.7 Å². The van der Waals surface area contributed by atoms with Crippen molar-refractivity contribution in [3.63, 3.8) is 0 Å². The van der Waals surface area contributed by atoms with Crippen molar-refractivity contribution in [1.29, 1.82) is 0 Å². The number of ether oxygens (including phenoxy) is 1. The first kappa shape index (κ1) is 18.3. The first-order valence-corrected chi connectivity index (χ1v) is 9.24. The molecule has 2 aliphatic rings. The molecular formula is C19H28FN3O2. The summed E-state index contributed by atoms with van der Waals surface area (Å²) in [7, 11) is 0. The largest absolute Gasteiger partial charge is 0.379 e. The highest BCUT2D eigenvalue weighted by atomic mass is 19.1. The Balaban J connectivity index is 1.64. The number of hydrogen-bond acceptors (Lipinski definition) is 4. The van der Waals surface area contributed by atoms with Crippen molar-refractivity contribution in [2.75, 3.05) is 32.8 Å². The van der Waals surface area contributed by atoms with Crippen LogP contribution in [0.2, 0.25) is 0 Å². The van der Waals surface area contributed by atoms with Crippen LogP contribution in [0.25, 0.3) is 0 Å². The Kier molecular flexibility index (Phi) is 6.39. The lowest BCUT2D eigenvalue weighted by atomic mass is 9.85. The monoisotopic (exact) mass is 349 g/mol. The molecule has 1 saturated carbocycles. The van der Waals surface area contributed by atoms with E-state index in [4.69, 9.17) is 10.5 Å². The number of nitrogens with zero attached hydrogens (tertiary/aromatic N) is 1. The normalized spacial score (nSPS) is 26.2. The van der Waals surface area contributed by atoms with Crippen molar-refractivity contribution < 1.29 is 13.9 Å². The molecule has 1 aliphatic carbocycles. The zero-order valence-electron chi connectivity index (χ0n) is 14.6. The van der Waals surface area contributed by atoms with E-state index >= 15 is 0 Å². The fraction of sp³-hybridized carbons (Fsp3) is 0.632. The molecule has 3 unspecified atom stereocenters. The van der Waals surface area contributed by atoms with Gasteiger partial charge in [-0.2, -0.15) is 0 Å². The number of carbonyl (C=O) groups excluding carboxylic acids is 1. The van der Waals surface area contributed by atoms with E-state index < -0.39 is 0 Å². The van der Waals surface area contributed by atoms with Gasteiger partial charge in [0.1, 0.15) is 5.82 Å². The van der Waals surface area contributed by atoms with E-state index in [1.165, 1.54) is 12.1 Å². The van der Waals surface area contributed by atoms with Crippen LogP contribution in [0.3, 0.4) is 0 Å². The predicted molar refractivity (Wildman–Crippen MR) is 94.5 cm³/mol. The van der Waals surface area contributed by atoms with E-state index in [1.54, 1.807) is 12.1 Å². The summed E-state index contributed by atoms with van der Waals surface area (Å²) < 4.78 is 18.7. The highest BCUT2D eigenvalue weighted by molar-refractivity contribution is 5.78. The summed E-state index contributed by atoms with van der Waals surface area (Å²) in [5, 5.41) is 3.11. The van der Waals surface area contributed by atoms with Crippen molar-refractivity contribution >= 4 is 5.91 Å². The van der Waals surface area contributed by atoms with Crippen LogP contribution in [0, 0.1) is 11.7 Å². The summed E-state index contributed by atoms with van der Waals surface area (Å²) in [5.41, 5.74) is 7.02. The zero-order chi connectivity index (χ0) is 17.6. The number of nitrogens with one attached hydrogen (secondary N) is 1. The number of carbonyl (C=O) groups is 1. The summed E-state index contributed by atoms with van der Waals surface area (Å²) in [6.45, 7) is 3.51. The van der Waals surface area contributed by atoms with Crippen LogP contribution in [0.4, 0.5) is 4.39 Å². The van der Waals surface area contributed by atoms with Crippen molar-refractivity contribution in [2.45, 2.75) is 37.8 Å². The van der Waals surface area contributed by atoms with Crippen LogP contribution in [-0.4, -0.2) is 49.7 Å². The molecule has 3 atom stereocenters. The molecule has 25 heavy (non-hydrogen) atoms. The van der Waals surface area contributed by atoms with Crippen molar-refractivity contribution in [1.82, 2.24) is 10.2 Å². The molecule has 1 heterocycles. The Morgan fingerprint density at radius 3 is 2.68 bits per heavy atom. The molecule has 6 heteroatoms. The van der Waals surface area contributed by atoms with E-state index in [0.29, 0.717) is 19.8 Å². The number of nitrogens with two attached hydrogens (primary N) is 1. The summed E-state index contributed by atoms with van der Waals surface area (Å²) >= 11 is 0. The highest BCUT2D eigenvalue weighted by Gasteiger charge is 2.27. The van der Waals surface area contributed by atoms with Crippen molar-refractivity contribution in [3.05, 3.63) is 35.6 Å². The van der Waals surface area contributed by atoms with E-state index in [1.807, 2.05) is 0 Å². The van der Waals surface area contributed by atoms with Gasteiger partial charge in [0, 0.05) is 31.6 Å². The summed E-state index contributed by atoms with van der Waals surface area (Å²) in [6, 6.07) is 6.73. The Morgan fingerprint density at radius 2 is 2.00 bits per heavy atom. The molecule has 0 radical (unpaired) electrons. The molecule has 3 N–H and O–H groups in total. The maximum atomic E-state index is 13.3. The second-order valence-corrected chi connectivity index (χ2v) is 7.08. The van der Waals surface area contributed by atoms with E-state index in [9.17, 15) is 9.18 Å². The van der Waals surface area contributed by atoms with Crippen LogP contribution in [0.5, 0.6) is 0 Å². The number of hydrogen-bond donors (Lipinski definition) is 2. The van der Waals surface area contributed by atoms with E-state index in [0.717, 1.165) is 44.3 Å². The molecular weight excluding hydrogens is 321 g/mol. The SMILES string of the molecule is NC1CCCC(C(=O)NCC(c2ccc(F)cc2)N2CCOCC2)C1. The molecule has 2 fully saturated rings. The van der Waals surface area contributed by atoms with Gasteiger partial charge in [-0.05, 0) is 37.0 Å². The Bertz CT molecular complexity index is 560. The fourth-order valence-electron chi connectivity index (χ4n) is 3.84. The number of benzene rings is 1. The summed E-state index contributed by atoms with van der Waals surface area (Å²) in [6.07, 6.45) is 3.71. The van der Waals surface area contributed by atoms with Gasteiger partial charge in [-0.15, -0.1) is 0 Å². The Morgan fingerprint density at radius 1 is 1.28 bits per heavy atom. The lowest BCUT2D eigenvalue weighted by molar-refractivity contribution is -0.126. The van der Waals surface area contributed by atoms with E-state index in [-0.39, 0.29) is 29.7 Å². The first-order chi connectivity index (χ1) is 12.1. The number of rotatable bonds is 5. The molecule has 5 nitrogen and oxygen atoms in total. The van der Waals surface area contributed by atoms with Crippen molar-refractivity contribution in [3.8, 4) is 0 Å². The van der Waals surface area contributed by atoms with Gasteiger partial charge in [-0.3, -0.25) is 9.69 Å². The van der Waals surface area contributed by atoms with Gasteiger partial charge >= 0.3 is 0 Å². The minimum atomic E-state index is -0.246. The molecule has 1 amide bonds. The van der Waals surface area contributed by atoms with Crippen LogP contribution in [0.15, 0.2) is 24.3 Å². The molecule has 138 valence electrons. The zero-order valence-corrected chi connectivity index (χ0v) is 14.6. The first-order valence-electron chi connectivity index (χ1n) is 9.24. The van der Waals surface area contributed by atoms with Crippen LogP contribution >= 0.6 is 0 Å². The van der Waals surface area contributed by atoms with Crippen LogP contribution < -0.4 is 11.1 Å². The van der Waals surface area contributed by atoms with Crippen LogP contribution in [-0.2, 0) is 9.53 Å². The number of halogens is 1. The smallest absolute Gasteiger partial charge is 0.223 e. The maximum absolute atomic E-state index is 13.3. The summed E-state index contributed by atoms with van der Waals surface area (Å²) in [4.78, 5) is 14.8. The minimum absolute atomic E-state index is 0.0160. The van der Waals surface area contributed by atoms with Gasteiger partial charge in [-0.25, -0.2) is 4.39 Å². The van der Waals surface area contributed by atoms with Gasteiger partial charge in [0.25, 0.3) is 0 Å². The van der Waals surface area contributed by atoms with Gasteiger partial charge in [0.15, 0.2) is 0 Å². The summed E-state index contributed by atoms with van der Waals surface area (Å²) in [5.74, 6) is -0.137. The van der Waals surface area contributed by atoms with Gasteiger partial charge in [0.05, 0.1) is 19.3 Å². The highest BCUT2D eigenvalue weighted by Crippen LogP contribution is 2.25. The second kappa shape index (κ2) is 8.74. The average molecular weight is 349 g/mol. The molecule has 1 aliphatic heterocycles. The molecule has 0 aromatic heterocycles. The maximum Gasteiger partial charge on any atom is 0.223 e. The third-order valence-corrected chi connectivity index (χ3v) is 5.30. The Labute approximate surface area is 148 Å². The standard InChI is InChI=1S/C19H28FN3O2/c20-16-6-4-14(5-7-16)18(23-8-10-25-11-9-23)13-22-19(24)15-2-1-3-17(21)12-15/h4-7,15,17-18H,1-3,8-13,21H2,(H,22,24). The number of amides is 1. The van der Waals surface area contributed by atoms with Gasteiger partial charge in [0.2, 0.25) is 5.91 Å². The molecule has 1 aromatic rings. The third kappa shape index (κ3) is 5.00. The number of morpholine rings is 1. The second-order valence-electron chi connectivity index (χ2n) is 7.08. The predicted octanol–water partition coefficient (Wildman–Crippen LogP) is 1.83. The molecule has 0 spiro atoms. The average Bonchev–Trinajstić information content (AvgIpc) is 2.64. The quantitative estimate of drug-likeness (QED) is 0.851. The minimum Gasteiger partial charge on any atom is -0.379 e. The van der Waals surface area contributed by atoms with Gasteiger partial charge in [-0.1, -0.05) is 18.6 Å². The molecule has 1 saturated heterocycles. The Hall–Kier alpha value is -1.50. The fourth-order valence-corrected chi connectivity index (χ4v) is 3.84. The lowest BCUT2D eigenvalue weighted by Gasteiger charge is -2.35.